The van der Waals surface area contributed by atoms with Crippen LogP contribution in [0.15, 0.2) is 12.4 Å². The van der Waals surface area contributed by atoms with Gasteiger partial charge in [0.15, 0.2) is 0 Å². The monoisotopic (exact) mass is 271 g/mol. The Morgan fingerprint density at radius 2 is 2.17 bits per heavy atom. The molecule has 0 aliphatic carbocycles. The maximum Gasteiger partial charge on any atom is 0.150 e. The van der Waals surface area contributed by atoms with Gasteiger partial charge >= 0.3 is 0 Å². The van der Waals surface area contributed by atoms with Crippen LogP contribution >= 0.6 is 0 Å². The van der Waals surface area contributed by atoms with Crippen LogP contribution in [0.2, 0.25) is 0 Å². The quantitative estimate of drug-likeness (QED) is 0.866. The summed E-state index contributed by atoms with van der Waals surface area (Å²) in [6.07, 6.45) is 6.34. The zero-order valence-electron chi connectivity index (χ0n) is 10.8. The van der Waals surface area contributed by atoms with Crippen LogP contribution in [0.3, 0.4) is 0 Å². The van der Waals surface area contributed by atoms with Gasteiger partial charge in [-0.05, 0) is 19.3 Å². The van der Waals surface area contributed by atoms with Crippen molar-refractivity contribution in [1.29, 1.82) is 0 Å². The van der Waals surface area contributed by atoms with E-state index in [2.05, 4.69) is 21.8 Å². The van der Waals surface area contributed by atoms with Crippen molar-refractivity contribution >= 4 is 9.84 Å². The van der Waals surface area contributed by atoms with E-state index in [9.17, 15) is 8.42 Å². The fourth-order valence-electron chi connectivity index (χ4n) is 2.28. The van der Waals surface area contributed by atoms with E-state index in [1.54, 1.807) is 0 Å². The van der Waals surface area contributed by atoms with Crippen molar-refractivity contribution < 1.29 is 8.42 Å². The number of aromatic nitrogens is 2. The van der Waals surface area contributed by atoms with Crippen LogP contribution in [-0.2, 0) is 22.9 Å². The molecule has 1 fully saturated rings. The molecular weight excluding hydrogens is 250 g/mol. The van der Waals surface area contributed by atoms with Crippen molar-refractivity contribution in [2.75, 3.05) is 11.5 Å². The topological polar surface area (TPSA) is 64.0 Å². The standard InChI is InChI=1S/C12H21N3O2S/c1-2-6-15-7-5-13-12(15)10-14-11-3-8-18(16,17)9-4-11/h5,7,11,14H,2-4,6,8-10H2,1H3. The van der Waals surface area contributed by atoms with Crippen LogP contribution in [0.5, 0.6) is 0 Å². The minimum absolute atomic E-state index is 0.306. The van der Waals surface area contributed by atoms with Gasteiger partial charge in [0.25, 0.3) is 0 Å². The first-order valence-corrected chi connectivity index (χ1v) is 8.36. The van der Waals surface area contributed by atoms with Gasteiger partial charge in [-0.15, -0.1) is 0 Å². The third-order valence-corrected chi connectivity index (χ3v) is 5.09. The number of sulfone groups is 1. The normalized spacial score (nSPS) is 20.1. The van der Waals surface area contributed by atoms with E-state index in [4.69, 9.17) is 0 Å². The van der Waals surface area contributed by atoms with Gasteiger partial charge in [0.05, 0.1) is 18.1 Å². The molecule has 1 aliphatic heterocycles. The molecule has 2 rings (SSSR count). The lowest BCUT2D eigenvalue weighted by Crippen LogP contribution is -2.37. The fraction of sp³-hybridized carbons (Fsp3) is 0.750. The smallest absolute Gasteiger partial charge is 0.150 e. The number of hydrogen-bond donors (Lipinski definition) is 1. The third kappa shape index (κ3) is 3.55. The Balaban J connectivity index is 1.83. The van der Waals surface area contributed by atoms with E-state index in [0.29, 0.717) is 17.5 Å². The summed E-state index contributed by atoms with van der Waals surface area (Å²) >= 11 is 0. The Labute approximate surface area is 109 Å². The van der Waals surface area contributed by atoms with Gasteiger partial charge in [-0.2, -0.15) is 0 Å². The molecule has 18 heavy (non-hydrogen) atoms. The number of rotatable bonds is 5. The summed E-state index contributed by atoms with van der Waals surface area (Å²) in [6, 6.07) is 0.306. The molecule has 5 nitrogen and oxygen atoms in total. The Morgan fingerprint density at radius 3 is 2.83 bits per heavy atom. The predicted molar refractivity (Wildman–Crippen MR) is 71.0 cm³/mol. The molecule has 0 unspecified atom stereocenters. The summed E-state index contributed by atoms with van der Waals surface area (Å²) in [4.78, 5) is 4.33. The first-order valence-electron chi connectivity index (χ1n) is 6.54. The molecular formula is C12H21N3O2S. The number of aryl methyl sites for hydroxylation is 1. The highest BCUT2D eigenvalue weighted by atomic mass is 32.2. The molecule has 102 valence electrons. The second-order valence-corrected chi connectivity index (χ2v) is 7.15. The molecule has 0 atom stereocenters. The number of nitrogens with zero attached hydrogens (tertiary/aromatic N) is 2. The van der Waals surface area contributed by atoms with E-state index in [1.165, 1.54) is 0 Å². The van der Waals surface area contributed by atoms with Crippen molar-refractivity contribution in [3.05, 3.63) is 18.2 Å². The number of imidazole rings is 1. The van der Waals surface area contributed by atoms with Gasteiger partial charge in [-0.1, -0.05) is 6.92 Å². The number of nitrogens with one attached hydrogen (secondary N) is 1. The first-order chi connectivity index (χ1) is 8.61. The van der Waals surface area contributed by atoms with E-state index in [0.717, 1.165) is 38.2 Å². The predicted octanol–water partition coefficient (Wildman–Crippen LogP) is 0.960. The maximum atomic E-state index is 11.3. The lowest BCUT2D eigenvalue weighted by atomic mass is 10.1. The summed E-state index contributed by atoms with van der Waals surface area (Å²) in [5.41, 5.74) is 0. The lowest BCUT2D eigenvalue weighted by molar-refractivity contribution is 0.449. The Kier molecular flexibility index (Phi) is 4.40. The zero-order chi connectivity index (χ0) is 13.0. The fourth-order valence-corrected chi connectivity index (χ4v) is 3.77. The van der Waals surface area contributed by atoms with Gasteiger partial charge in [0, 0.05) is 25.0 Å². The Bertz CT molecular complexity index is 467. The average molecular weight is 271 g/mol. The second kappa shape index (κ2) is 5.84. The van der Waals surface area contributed by atoms with E-state index < -0.39 is 9.84 Å². The van der Waals surface area contributed by atoms with Gasteiger partial charge in [-0.3, -0.25) is 0 Å². The van der Waals surface area contributed by atoms with E-state index in [1.807, 2.05) is 12.4 Å². The molecule has 0 spiro atoms. The minimum Gasteiger partial charge on any atom is -0.334 e. The van der Waals surface area contributed by atoms with Crippen molar-refractivity contribution in [2.24, 2.45) is 0 Å². The molecule has 1 N–H and O–H groups in total. The van der Waals surface area contributed by atoms with Crippen molar-refractivity contribution in [1.82, 2.24) is 14.9 Å². The summed E-state index contributed by atoms with van der Waals surface area (Å²) in [5, 5.41) is 3.41. The molecule has 1 aliphatic rings. The van der Waals surface area contributed by atoms with Crippen LogP contribution in [-0.4, -0.2) is 35.5 Å². The van der Waals surface area contributed by atoms with Crippen molar-refractivity contribution in [3.63, 3.8) is 0 Å². The maximum absolute atomic E-state index is 11.3. The van der Waals surface area contributed by atoms with Crippen LogP contribution in [0.25, 0.3) is 0 Å². The lowest BCUT2D eigenvalue weighted by Gasteiger charge is -2.23. The van der Waals surface area contributed by atoms with Crippen LogP contribution < -0.4 is 5.32 Å². The largest absolute Gasteiger partial charge is 0.334 e. The average Bonchev–Trinajstić information content (AvgIpc) is 2.76. The van der Waals surface area contributed by atoms with Gasteiger partial charge in [-0.25, -0.2) is 13.4 Å². The molecule has 0 radical (unpaired) electrons. The van der Waals surface area contributed by atoms with Gasteiger partial charge < -0.3 is 9.88 Å². The molecule has 0 aromatic carbocycles. The van der Waals surface area contributed by atoms with Crippen molar-refractivity contribution in [3.8, 4) is 0 Å². The summed E-state index contributed by atoms with van der Waals surface area (Å²) in [7, 11) is -2.77. The Hall–Kier alpha value is -0.880. The molecule has 6 heteroatoms. The van der Waals surface area contributed by atoms with Gasteiger partial charge in [0.1, 0.15) is 15.7 Å². The highest BCUT2D eigenvalue weighted by molar-refractivity contribution is 7.91. The summed E-state index contributed by atoms with van der Waals surface area (Å²) in [6.45, 7) is 3.84. The highest BCUT2D eigenvalue weighted by Crippen LogP contribution is 2.12. The Morgan fingerprint density at radius 1 is 1.44 bits per heavy atom. The van der Waals surface area contributed by atoms with Crippen molar-refractivity contribution in [2.45, 2.75) is 45.3 Å². The van der Waals surface area contributed by atoms with E-state index in [-0.39, 0.29) is 0 Å². The van der Waals surface area contributed by atoms with Gasteiger partial charge in [0.2, 0.25) is 0 Å². The molecule has 0 amide bonds. The van der Waals surface area contributed by atoms with Crippen LogP contribution in [0.4, 0.5) is 0 Å². The van der Waals surface area contributed by atoms with Crippen LogP contribution in [0, 0.1) is 0 Å². The minimum atomic E-state index is -2.77. The first kappa shape index (κ1) is 13.5. The summed E-state index contributed by atoms with van der Waals surface area (Å²) < 4.78 is 24.8. The van der Waals surface area contributed by atoms with Crippen LogP contribution in [0.1, 0.15) is 32.0 Å². The van der Waals surface area contributed by atoms with E-state index >= 15 is 0 Å². The summed E-state index contributed by atoms with van der Waals surface area (Å²) in [5.74, 6) is 1.66. The molecule has 1 aromatic heterocycles. The second-order valence-electron chi connectivity index (χ2n) is 4.84. The zero-order valence-corrected chi connectivity index (χ0v) is 11.6. The molecule has 1 saturated heterocycles. The molecule has 0 saturated carbocycles. The molecule has 1 aromatic rings. The molecule has 0 bridgehead atoms. The highest BCUT2D eigenvalue weighted by Gasteiger charge is 2.23. The third-order valence-electron chi connectivity index (χ3n) is 3.37. The number of hydrogen-bond acceptors (Lipinski definition) is 4. The molecule has 2 heterocycles. The SMILES string of the molecule is CCCn1ccnc1CNC1CCS(=O)(=O)CC1.